The Kier molecular flexibility index (Phi) is 9.30. The van der Waals surface area contributed by atoms with Gasteiger partial charge in [0.25, 0.3) is 0 Å². The van der Waals surface area contributed by atoms with E-state index < -0.39 is 28.5 Å². The number of aryl methyl sites for hydroxylation is 1. The monoisotopic (exact) mass is 523 g/mol. The van der Waals surface area contributed by atoms with Crippen LogP contribution in [0, 0.1) is 6.92 Å². The summed E-state index contributed by atoms with van der Waals surface area (Å²) in [5.74, 6) is -0.266. The predicted octanol–water partition coefficient (Wildman–Crippen LogP) is 3.16. The van der Waals surface area contributed by atoms with Crippen LogP contribution in [0.3, 0.4) is 0 Å². The number of carbonyl (C=O) groups is 2. The number of ether oxygens (including phenoxy) is 1. The van der Waals surface area contributed by atoms with Crippen LogP contribution in [-0.4, -0.2) is 58.1 Å². The molecule has 0 aliphatic heterocycles. The predicted molar refractivity (Wildman–Crippen MR) is 145 cm³/mol. The maximum Gasteiger partial charge on any atom is 0.244 e. The molecule has 0 aromatic heterocycles. The largest absolute Gasteiger partial charge is 0.497 e. The molecule has 0 saturated carbocycles. The SMILES string of the molecule is CNC(=O)[C@@H](Cc1ccccc1)N(Cc1ccc(C)cc1)C(=O)CN(c1ccc(OC)cc1)S(C)(=O)=O. The third kappa shape index (κ3) is 7.57. The molecule has 0 radical (unpaired) electrons. The molecule has 0 aliphatic rings. The van der Waals surface area contributed by atoms with Gasteiger partial charge in [-0.15, -0.1) is 0 Å². The first-order valence-corrected chi connectivity index (χ1v) is 13.7. The summed E-state index contributed by atoms with van der Waals surface area (Å²) in [7, 11) is -0.772. The number of nitrogens with zero attached hydrogens (tertiary/aromatic N) is 2. The average molecular weight is 524 g/mol. The summed E-state index contributed by atoms with van der Waals surface area (Å²) in [5.41, 5.74) is 3.10. The minimum absolute atomic E-state index is 0.143. The zero-order valence-corrected chi connectivity index (χ0v) is 22.4. The molecule has 3 aromatic carbocycles. The number of amides is 2. The van der Waals surface area contributed by atoms with Crippen molar-refractivity contribution in [3.05, 3.63) is 95.6 Å². The number of sulfonamides is 1. The van der Waals surface area contributed by atoms with Crippen LogP contribution < -0.4 is 14.4 Å². The van der Waals surface area contributed by atoms with E-state index in [0.717, 1.165) is 27.3 Å². The van der Waals surface area contributed by atoms with Crippen LogP contribution in [0.1, 0.15) is 16.7 Å². The second kappa shape index (κ2) is 12.4. The highest BCUT2D eigenvalue weighted by Gasteiger charge is 2.32. The van der Waals surface area contributed by atoms with E-state index in [4.69, 9.17) is 4.74 Å². The molecule has 0 heterocycles. The molecule has 0 spiro atoms. The Bertz CT molecular complexity index is 1290. The Morgan fingerprint density at radius 1 is 0.919 bits per heavy atom. The standard InChI is InChI=1S/C28H33N3O5S/c1-21-10-12-23(13-11-21)19-30(26(28(33)29-2)18-22-8-6-5-7-9-22)27(32)20-31(37(4,34)35)24-14-16-25(36-3)17-15-24/h5-17,26H,18-20H2,1-4H3,(H,29,33)/t26-/m1/s1. The Morgan fingerprint density at radius 3 is 2.08 bits per heavy atom. The number of anilines is 1. The number of hydrogen-bond donors (Lipinski definition) is 1. The van der Waals surface area contributed by atoms with Gasteiger partial charge in [0.1, 0.15) is 18.3 Å². The number of carbonyl (C=O) groups excluding carboxylic acids is 2. The number of benzene rings is 3. The van der Waals surface area contributed by atoms with Crippen molar-refractivity contribution in [2.45, 2.75) is 25.9 Å². The summed E-state index contributed by atoms with van der Waals surface area (Å²) in [6, 6.07) is 22.7. The fourth-order valence-electron chi connectivity index (χ4n) is 3.97. The zero-order chi connectivity index (χ0) is 27.0. The van der Waals surface area contributed by atoms with Crippen molar-refractivity contribution in [3.63, 3.8) is 0 Å². The maximum absolute atomic E-state index is 13.8. The first-order valence-electron chi connectivity index (χ1n) is 11.8. The lowest BCUT2D eigenvalue weighted by atomic mass is 10.0. The molecule has 2 amide bonds. The molecule has 3 aromatic rings. The molecule has 37 heavy (non-hydrogen) atoms. The van der Waals surface area contributed by atoms with Gasteiger partial charge in [0, 0.05) is 20.0 Å². The molecule has 0 unspecified atom stereocenters. The van der Waals surface area contributed by atoms with Crippen molar-refractivity contribution >= 4 is 27.5 Å². The number of rotatable bonds is 11. The van der Waals surface area contributed by atoms with Gasteiger partial charge in [0.05, 0.1) is 19.1 Å². The summed E-state index contributed by atoms with van der Waals surface area (Å²) >= 11 is 0. The van der Waals surface area contributed by atoms with Crippen molar-refractivity contribution in [1.29, 1.82) is 0 Å². The highest BCUT2D eigenvalue weighted by atomic mass is 32.2. The highest BCUT2D eigenvalue weighted by Crippen LogP contribution is 2.23. The van der Waals surface area contributed by atoms with Crippen LogP contribution in [0.4, 0.5) is 5.69 Å². The van der Waals surface area contributed by atoms with E-state index in [1.54, 1.807) is 24.3 Å². The van der Waals surface area contributed by atoms with Crippen LogP contribution in [0.15, 0.2) is 78.9 Å². The summed E-state index contributed by atoms with van der Waals surface area (Å²) < 4.78 is 31.7. The van der Waals surface area contributed by atoms with Crippen molar-refractivity contribution in [2.75, 3.05) is 31.3 Å². The van der Waals surface area contributed by atoms with E-state index in [2.05, 4.69) is 5.32 Å². The molecule has 0 aliphatic carbocycles. The summed E-state index contributed by atoms with van der Waals surface area (Å²) in [5, 5.41) is 2.66. The second-order valence-electron chi connectivity index (χ2n) is 8.79. The van der Waals surface area contributed by atoms with Crippen molar-refractivity contribution in [3.8, 4) is 5.75 Å². The Labute approximate surface area is 218 Å². The fourth-order valence-corrected chi connectivity index (χ4v) is 4.82. The van der Waals surface area contributed by atoms with Crippen molar-refractivity contribution < 1.29 is 22.7 Å². The van der Waals surface area contributed by atoms with E-state index in [9.17, 15) is 18.0 Å². The minimum atomic E-state index is -3.81. The van der Waals surface area contributed by atoms with Gasteiger partial charge < -0.3 is 15.0 Å². The topological polar surface area (TPSA) is 96.0 Å². The fraction of sp³-hybridized carbons (Fsp3) is 0.286. The number of methoxy groups -OCH3 is 1. The van der Waals surface area contributed by atoms with Gasteiger partial charge in [-0.3, -0.25) is 13.9 Å². The molecule has 1 N–H and O–H groups in total. The van der Waals surface area contributed by atoms with E-state index in [1.807, 2.05) is 61.5 Å². The molecule has 9 heteroatoms. The number of nitrogens with one attached hydrogen (secondary N) is 1. The van der Waals surface area contributed by atoms with Crippen LogP contribution in [0.25, 0.3) is 0 Å². The Balaban J connectivity index is 2.00. The van der Waals surface area contributed by atoms with Gasteiger partial charge in [-0.05, 0) is 42.3 Å². The molecule has 0 saturated heterocycles. The molecule has 0 fully saturated rings. The molecule has 1 atom stereocenters. The quantitative estimate of drug-likeness (QED) is 0.417. The van der Waals surface area contributed by atoms with Crippen molar-refractivity contribution in [2.24, 2.45) is 0 Å². The number of likely N-dealkylation sites (N-methyl/N-ethyl adjacent to an activating group) is 1. The second-order valence-corrected chi connectivity index (χ2v) is 10.7. The first-order chi connectivity index (χ1) is 17.6. The third-order valence-electron chi connectivity index (χ3n) is 6.03. The molecule has 0 bridgehead atoms. The minimum Gasteiger partial charge on any atom is -0.497 e. The molecular weight excluding hydrogens is 490 g/mol. The molecule has 8 nitrogen and oxygen atoms in total. The van der Waals surface area contributed by atoms with Crippen LogP contribution in [-0.2, 0) is 32.6 Å². The van der Waals surface area contributed by atoms with Gasteiger partial charge >= 0.3 is 0 Å². The Hall–Kier alpha value is -3.85. The molecular formula is C28H33N3O5S. The molecule has 3 rings (SSSR count). The highest BCUT2D eigenvalue weighted by molar-refractivity contribution is 7.92. The van der Waals surface area contributed by atoms with E-state index >= 15 is 0 Å². The number of hydrogen-bond acceptors (Lipinski definition) is 5. The summed E-state index contributed by atoms with van der Waals surface area (Å²) in [6.07, 6.45) is 1.33. The van der Waals surface area contributed by atoms with E-state index in [1.165, 1.54) is 19.1 Å². The van der Waals surface area contributed by atoms with Crippen LogP contribution >= 0.6 is 0 Å². The average Bonchev–Trinajstić information content (AvgIpc) is 2.89. The van der Waals surface area contributed by atoms with E-state index in [-0.39, 0.29) is 18.9 Å². The lowest BCUT2D eigenvalue weighted by Gasteiger charge is -2.33. The summed E-state index contributed by atoms with van der Waals surface area (Å²) in [6.45, 7) is 1.65. The first kappa shape index (κ1) is 27.7. The van der Waals surface area contributed by atoms with Gasteiger partial charge in [-0.25, -0.2) is 8.42 Å². The maximum atomic E-state index is 13.8. The van der Waals surface area contributed by atoms with Gasteiger partial charge in [0.15, 0.2) is 0 Å². The lowest BCUT2D eigenvalue weighted by Crippen LogP contribution is -2.52. The van der Waals surface area contributed by atoms with Gasteiger partial charge in [-0.2, -0.15) is 0 Å². The third-order valence-corrected chi connectivity index (χ3v) is 7.17. The van der Waals surface area contributed by atoms with Gasteiger partial charge in [0.2, 0.25) is 21.8 Å². The van der Waals surface area contributed by atoms with E-state index in [0.29, 0.717) is 11.4 Å². The normalized spacial score (nSPS) is 11.9. The lowest BCUT2D eigenvalue weighted by molar-refractivity contribution is -0.139. The van der Waals surface area contributed by atoms with Gasteiger partial charge in [-0.1, -0.05) is 60.2 Å². The smallest absolute Gasteiger partial charge is 0.244 e. The van der Waals surface area contributed by atoms with Crippen molar-refractivity contribution in [1.82, 2.24) is 10.2 Å². The zero-order valence-electron chi connectivity index (χ0n) is 21.5. The van der Waals surface area contributed by atoms with Crippen LogP contribution in [0.2, 0.25) is 0 Å². The summed E-state index contributed by atoms with van der Waals surface area (Å²) in [4.78, 5) is 28.4. The molecule has 196 valence electrons. The van der Waals surface area contributed by atoms with Crippen LogP contribution in [0.5, 0.6) is 5.75 Å². The Morgan fingerprint density at radius 2 is 1.54 bits per heavy atom.